The molecule has 0 saturated carbocycles. The molecule has 1 atom stereocenters. The van der Waals surface area contributed by atoms with Crippen molar-refractivity contribution in [1.82, 2.24) is 9.97 Å². The number of thioether (sulfide) groups is 1. The molecule has 1 aromatic carbocycles. The number of hydrogen-bond donors (Lipinski definition) is 1. The van der Waals surface area contributed by atoms with Gasteiger partial charge in [0.1, 0.15) is 16.9 Å². The molecule has 3 rings (SSSR count). The molecule has 92 valence electrons. The highest BCUT2D eigenvalue weighted by Gasteiger charge is 2.22. The number of nitrogen functional groups attached to an aromatic ring is 1. The van der Waals surface area contributed by atoms with Crippen molar-refractivity contribution in [2.45, 2.75) is 17.6 Å². The minimum atomic E-state index is 0.189. The van der Waals surface area contributed by atoms with Gasteiger partial charge in [-0.2, -0.15) is 0 Å². The van der Waals surface area contributed by atoms with E-state index in [0.717, 1.165) is 22.9 Å². The highest BCUT2D eigenvalue weighted by atomic mass is 32.2. The number of nitrogens with zero attached hydrogens (tertiary/aromatic N) is 2. The fourth-order valence-electron chi connectivity index (χ4n) is 1.97. The third kappa shape index (κ3) is 2.26. The van der Waals surface area contributed by atoms with Crippen molar-refractivity contribution in [3.05, 3.63) is 42.2 Å². The van der Waals surface area contributed by atoms with Gasteiger partial charge in [-0.3, -0.25) is 0 Å². The Hall–Kier alpha value is -1.75. The second-order valence-corrected chi connectivity index (χ2v) is 5.12. The van der Waals surface area contributed by atoms with Gasteiger partial charge in [-0.1, -0.05) is 30.0 Å². The number of nitrogens with two attached hydrogens (primary N) is 1. The molecule has 0 aliphatic carbocycles. The zero-order chi connectivity index (χ0) is 12.4. The smallest absolute Gasteiger partial charge is 0.156 e. The van der Waals surface area contributed by atoms with Gasteiger partial charge in [0.2, 0.25) is 0 Å². The summed E-state index contributed by atoms with van der Waals surface area (Å²) in [6, 6.07) is 8.15. The molecule has 5 heteroatoms. The molecule has 4 nitrogen and oxygen atoms in total. The van der Waals surface area contributed by atoms with E-state index in [2.05, 4.69) is 16.0 Å². The molecule has 0 spiro atoms. The highest BCUT2D eigenvalue weighted by molar-refractivity contribution is 7.99. The van der Waals surface area contributed by atoms with E-state index in [1.54, 1.807) is 24.2 Å². The third-order valence-electron chi connectivity index (χ3n) is 2.81. The first-order chi connectivity index (χ1) is 8.83. The Bertz CT molecular complexity index is 536. The van der Waals surface area contributed by atoms with Gasteiger partial charge in [0.25, 0.3) is 0 Å². The summed E-state index contributed by atoms with van der Waals surface area (Å²) in [5.41, 5.74) is 7.03. The molecule has 18 heavy (non-hydrogen) atoms. The van der Waals surface area contributed by atoms with Crippen molar-refractivity contribution < 1.29 is 4.74 Å². The van der Waals surface area contributed by atoms with Crippen LogP contribution in [0.15, 0.2) is 41.7 Å². The maximum Gasteiger partial charge on any atom is 0.156 e. The first-order valence-electron chi connectivity index (χ1n) is 5.77. The standard InChI is InChI=1S/C13H13N3OS/c14-12-13(16-6-5-15-12)18-8-10-7-9-3-1-2-4-11(9)17-10/h1-6,10H,7-8H2,(H2,14,15). The molecule has 1 aromatic heterocycles. The Morgan fingerprint density at radius 2 is 2.11 bits per heavy atom. The summed E-state index contributed by atoms with van der Waals surface area (Å²) in [7, 11) is 0. The Kier molecular flexibility index (Phi) is 3.06. The van der Waals surface area contributed by atoms with Gasteiger partial charge in [0.05, 0.1) is 0 Å². The Morgan fingerprint density at radius 3 is 2.94 bits per heavy atom. The summed E-state index contributed by atoms with van der Waals surface area (Å²) in [6.45, 7) is 0. The molecule has 1 unspecified atom stereocenters. The fraction of sp³-hybridized carbons (Fsp3) is 0.231. The van der Waals surface area contributed by atoms with E-state index in [-0.39, 0.29) is 6.10 Å². The van der Waals surface area contributed by atoms with E-state index in [1.165, 1.54) is 5.56 Å². The van der Waals surface area contributed by atoms with Crippen LogP contribution in [-0.2, 0) is 6.42 Å². The zero-order valence-corrected chi connectivity index (χ0v) is 10.6. The van der Waals surface area contributed by atoms with E-state index < -0.39 is 0 Å². The van der Waals surface area contributed by atoms with Crippen LogP contribution in [0.2, 0.25) is 0 Å². The average molecular weight is 259 g/mol. The van der Waals surface area contributed by atoms with Crippen molar-refractivity contribution in [2.24, 2.45) is 0 Å². The summed E-state index contributed by atoms with van der Waals surface area (Å²) < 4.78 is 5.86. The Balaban J connectivity index is 1.62. The third-order valence-corrected chi connectivity index (χ3v) is 3.94. The second kappa shape index (κ2) is 4.86. The van der Waals surface area contributed by atoms with E-state index in [0.29, 0.717) is 5.82 Å². The molecule has 2 N–H and O–H groups in total. The van der Waals surface area contributed by atoms with Crippen LogP contribution in [0, 0.1) is 0 Å². The number of aromatic nitrogens is 2. The van der Waals surface area contributed by atoms with Crippen LogP contribution < -0.4 is 10.5 Å². The van der Waals surface area contributed by atoms with Crippen molar-refractivity contribution in [3.8, 4) is 5.75 Å². The van der Waals surface area contributed by atoms with Gasteiger partial charge in [0, 0.05) is 24.6 Å². The van der Waals surface area contributed by atoms with Crippen molar-refractivity contribution in [3.63, 3.8) is 0 Å². The number of ether oxygens (including phenoxy) is 1. The average Bonchev–Trinajstić information content (AvgIpc) is 2.80. The molecule has 0 amide bonds. The highest BCUT2D eigenvalue weighted by Crippen LogP contribution is 2.31. The molecule has 2 heterocycles. The maximum absolute atomic E-state index is 5.86. The molecular formula is C13H13N3OS. The first-order valence-corrected chi connectivity index (χ1v) is 6.75. The Labute approximate surface area is 110 Å². The summed E-state index contributed by atoms with van der Waals surface area (Å²) in [5.74, 6) is 2.31. The Morgan fingerprint density at radius 1 is 1.28 bits per heavy atom. The van der Waals surface area contributed by atoms with Crippen molar-refractivity contribution in [1.29, 1.82) is 0 Å². The van der Waals surface area contributed by atoms with Gasteiger partial charge in [-0.25, -0.2) is 9.97 Å². The zero-order valence-electron chi connectivity index (χ0n) is 9.74. The van der Waals surface area contributed by atoms with Gasteiger partial charge < -0.3 is 10.5 Å². The van der Waals surface area contributed by atoms with E-state index >= 15 is 0 Å². The number of fused-ring (bicyclic) bond motifs is 1. The molecular weight excluding hydrogens is 246 g/mol. The van der Waals surface area contributed by atoms with E-state index in [1.807, 2.05) is 18.2 Å². The summed E-state index contributed by atoms with van der Waals surface area (Å²) >= 11 is 1.59. The van der Waals surface area contributed by atoms with Gasteiger partial charge in [0.15, 0.2) is 5.82 Å². The van der Waals surface area contributed by atoms with Crippen molar-refractivity contribution >= 4 is 17.6 Å². The molecule has 1 aliphatic rings. The predicted molar refractivity (Wildman–Crippen MR) is 71.7 cm³/mol. The lowest BCUT2D eigenvalue weighted by Crippen LogP contribution is -2.16. The second-order valence-electron chi connectivity index (χ2n) is 4.11. The quantitative estimate of drug-likeness (QED) is 0.856. The van der Waals surface area contributed by atoms with E-state index in [4.69, 9.17) is 10.5 Å². The number of para-hydroxylation sites is 1. The molecule has 1 aliphatic heterocycles. The summed E-state index contributed by atoms with van der Waals surface area (Å²) in [6.07, 6.45) is 4.39. The van der Waals surface area contributed by atoms with Gasteiger partial charge in [-0.15, -0.1) is 0 Å². The SMILES string of the molecule is Nc1nccnc1SCC1Cc2ccccc2O1. The lowest BCUT2D eigenvalue weighted by molar-refractivity contribution is 0.259. The largest absolute Gasteiger partial charge is 0.489 e. The molecule has 0 bridgehead atoms. The van der Waals surface area contributed by atoms with Crippen LogP contribution in [0.25, 0.3) is 0 Å². The normalized spacial score (nSPS) is 17.2. The van der Waals surface area contributed by atoms with E-state index in [9.17, 15) is 0 Å². The van der Waals surface area contributed by atoms with Crippen molar-refractivity contribution in [2.75, 3.05) is 11.5 Å². The van der Waals surface area contributed by atoms with Gasteiger partial charge in [-0.05, 0) is 11.6 Å². The minimum Gasteiger partial charge on any atom is -0.489 e. The maximum atomic E-state index is 5.86. The first kappa shape index (κ1) is 11.3. The molecule has 0 saturated heterocycles. The fourth-order valence-corrected chi connectivity index (χ4v) is 2.83. The summed E-state index contributed by atoms with van der Waals surface area (Å²) in [5, 5.41) is 0.775. The summed E-state index contributed by atoms with van der Waals surface area (Å²) in [4.78, 5) is 8.23. The molecule has 2 aromatic rings. The lowest BCUT2D eigenvalue weighted by atomic mass is 10.1. The van der Waals surface area contributed by atoms with Crippen LogP contribution in [0.4, 0.5) is 5.82 Å². The number of rotatable bonds is 3. The van der Waals surface area contributed by atoms with Crippen LogP contribution in [0.1, 0.15) is 5.56 Å². The lowest BCUT2D eigenvalue weighted by Gasteiger charge is -2.10. The topological polar surface area (TPSA) is 61.0 Å². The van der Waals surface area contributed by atoms with Crippen LogP contribution in [0.3, 0.4) is 0 Å². The molecule has 0 radical (unpaired) electrons. The molecule has 0 fully saturated rings. The monoisotopic (exact) mass is 259 g/mol. The van der Waals surface area contributed by atoms with Gasteiger partial charge >= 0.3 is 0 Å². The predicted octanol–water partition coefficient (Wildman–Crippen LogP) is 2.15. The van der Waals surface area contributed by atoms with Crippen LogP contribution in [-0.4, -0.2) is 21.8 Å². The number of benzene rings is 1. The van der Waals surface area contributed by atoms with Crippen LogP contribution >= 0.6 is 11.8 Å². The number of anilines is 1. The van der Waals surface area contributed by atoms with Crippen LogP contribution in [0.5, 0.6) is 5.75 Å². The minimum absolute atomic E-state index is 0.189. The number of hydrogen-bond acceptors (Lipinski definition) is 5.